The number of fused-ring (bicyclic) bond motifs is 1. The molecule has 1 spiro atoms. The van der Waals surface area contributed by atoms with Gasteiger partial charge in [0.15, 0.2) is 5.82 Å². The Hall–Kier alpha value is -2.02. The highest BCUT2D eigenvalue weighted by Gasteiger charge is 2.63. The van der Waals surface area contributed by atoms with Gasteiger partial charge in [-0.15, -0.1) is 0 Å². The number of carbonyl (C=O) groups is 1. The zero-order valence-corrected chi connectivity index (χ0v) is 15.7. The quantitative estimate of drug-likeness (QED) is 0.587. The van der Waals surface area contributed by atoms with Crippen molar-refractivity contribution in [1.29, 1.82) is 0 Å². The van der Waals surface area contributed by atoms with E-state index in [0.29, 0.717) is 30.7 Å². The molecule has 7 heteroatoms. The normalized spacial score (nSPS) is 31.6. The van der Waals surface area contributed by atoms with Crippen LogP contribution >= 0.6 is 0 Å². The van der Waals surface area contributed by atoms with E-state index in [0.717, 1.165) is 38.8 Å². The van der Waals surface area contributed by atoms with Crippen LogP contribution in [0.3, 0.4) is 0 Å². The van der Waals surface area contributed by atoms with Crippen molar-refractivity contribution >= 4 is 11.9 Å². The van der Waals surface area contributed by atoms with Gasteiger partial charge in [0.25, 0.3) is 0 Å². The zero-order valence-electron chi connectivity index (χ0n) is 15.7. The summed E-state index contributed by atoms with van der Waals surface area (Å²) in [5.41, 5.74) is -0.163. The first-order chi connectivity index (χ1) is 13.1. The predicted molar refractivity (Wildman–Crippen MR) is 99.7 cm³/mol. The van der Waals surface area contributed by atoms with Gasteiger partial charge in [0, 0.05) is 31.3 Å². The number of allylic oxidation sites excluding steroid dienone is 2. The molecule has 4 heterocycles. The lowest BCUT2D eigenvalue weighted by Crippen LogP contribution is -2.41. The number of anilines is 1. The van der Waals surface area contributed by atoms with Crippen molar-refractivity contribution in [1.82, 2.24) is 15.3 Å². The van der Waals surface area contributed by atoms with E-state index in [-0.39, 0.29) is 17.6 Å². The zero-order chi connectivity index (χ0) is 18.9. The Bertz CT molecular complexity index is 710. The molecule has 3 aliphatic heterocycles. The molecule has 0 radical (unpaired) electrons. The van der Waals surface area contributed by atoms with Crippen molar-refractivity contribution in [3.63, 3.8) is 0 Å². The molecule has 3 saturated heterocycles. The van der Waals surface area contributed by atoms with Crippen LogP contribution in [0, 0.1) is 17.7 Å². The highest BCUT2D eigenvalue weighted by Crippen LogP contribution is 2.54. The second kappa shape index (κ2) is 7.54. The predicted octanol–water partition coefficient (Wildman–Crippen LogP) is 2.46. The maximum Gasteiger partial charge on any atom is 0.225 e. The van der Waals surface area contributed by atoms with E-state index < -0.39 is 5.82 Å². The third-order valence-electron chi connectivity index (χ3n) is 6.22. The number of rotatable bonds is 7. The van der Waals surface area contributed by atoms with Crippen LogP contribution in [0.15, 0.2) is 24.5 Å². The molecular weight excluding hydrogens is 347 g/mol. The van der Waals surface area contributed by atoms with Crippen LogP contribution in [-0.4, -0.2) is 47.2 Å². The third-order valence-corrected chi connectivity index (χ3v) is 6.22. The Morgan fingerprint density at radius 2 is 2.30 bits per heavy atom. The van der Waals surface area contributed by atoms with Gasteiger partial charge in [-0.1, -0.05) is 12.2 Å². The molecule has 3 aliphatic rings. The van der Waals surface area contributed by atoms with Crippen molar-refractivity contribution < 1.29 is 13.9 Å². The minimum absolute atomic E-state index is 0.119. The highest BCUT2D eigenvalue weighted by molar-refractivity contribution is 5.75. The molecule has 0 saturated carbocycles. The molecule has 0 aromatic carbocycles. The number of unbranched alkanes of at least 4 members (excludes halogenated alkanes) is 1. The molecule has 1 aromatic rings. The summed E-state index contributed by atoms with van der Waals surface area (Å²) < 4.78 is 19.5. The fourth-order valence-electron chi connectivity index (χ4n) is 4.95. The first-order valence-corrected chi connectivity index (χ1v) is 9.89. The van der Waals surface area contributed by atoms with Crippen molar-refractivity contribution in [2.24, 2.45) is 11.8 Å². The second-order valence-electron chi connectivity index (χ2n) is 7.88. The molecule has 0 aliphatic carbocycles. The van der Waals surface area contributed by atoms with Crippen LogP contribution in [0.4, 0.5) is 10.3 Å². The Balaban J connectivity index is 1.35. The molecule has 146 valence electrons. The van der Waals surface area contributed by atoms with Crippen LogP contribution < -0.4 is 10.2 Å². The van der Waals surface area contributed by atoms with Gasteiger partial charge in [-0.25, -0.2) is 14.4 Å². The second-order valence-corrected chi connectivity index (χ2v) is 7.88. The maximum atomic E-state index is 13.1. The largest absolute Gasteiger partial charge is 0.369 e. The first-order valence-electron chi connectivity index (χ1n) is 9.89. The van der Waals surface area contributed by atoms with Crippen LogP contribution in [0.1, 0.15) is 39.0 Å². The molecule has 0 unspecified atom stereocenters. The molecule has 4 atom stereocenters. The van der Waals surface area contributed by atoms with Crippen molar-refractivity contribution in [3.8, 4) is 0 Å². The number of amides is 1. The lowest BCUT2D eigenvalue weighted by atomic mass is 9.73. The number of hydrogen-bond acceptors (Lipinski definition) is 5. The van der Waals surface area contributed by atoms with E-state index >= 15 is 0 Å². The molecule has 1 aromatic heterocycles. The van der Waals surface area contributed by atoms with Gasteiger partial charge < -0.3 is 15.0 Å². The standard InChI is InChI=1S/C20H27FN4O2/c1-2-3-4-5-6-18(26)22-11-15-16-12-25(19-23-9-14(21)10-24-19)13-20(16)8-7-17(15)27-20/h2-3,9-10,15-17H,4-8,11-13H2,1H3,(H,22,26)/t15-,16+,17+,20+/m0/s1. The number of halogens is 1. The van der Waals surface area contributed by atoms with Gasteiger partial charge in [-0.3, -0.25) is 4.79 Å². The smallest absolute Gasteiger partial charge is 0.225 e. The number of ether oxygens (including phenoxy) is 1. The molecule has 3 fully saturated rings. The molecule has 1 N–H and O–H groups in total. The van der Waals surface area contributed by atoms with Crippen molar-refractivity contribution in [2.45, 2.75) is 50.7 Å². The van der Waals surface area contributed by atoms with E-state index in [1.807, 2.05) is 13.0 Å². The maximum absolute atomic E-state index is 13.1. The fraction of sp³-hybridized carbons (Fsp3) is 0.650. The molecule has 1 amide bonds. The van der Waals surface area contributed by atoms with Gasteiger partial charge in [0.1, 0.15) is 0 Å². The minimum atomic E-state index is -0.427. The molecule has 4 rings (SSSR count). The van der Waals surface area contributed by atoms with E-state index in [9.17, 15) is 9.18 Å². The van der Waals surface area contributed by atoms with Crippen LogP contribution in [0.25, 0.3) is 0 Å². The number of hydrogen-bond donors (Lipinski definition) is 1. The monoisotopic (exact) mass is 374 g/mol. The Labute approximate surface area is 159 Å². The summed E-state index contributed by atoms with van der Waals surface area (Å²) in [5.74, 6) is 0.924. The van der Waals surface area contributed by atoms with Crippen molar-refractivity contribution in [2.75, 3.05) is 24.5 Å². The fourth-order valence-corrected chi connectivity index (χ4v) is 4.95. The van der Waals surface area contributed by atoms with Crippen LogP contribution in [-0.2, 0) is 9.53 Å². The van der Waals surface area contributed by atoms with Gasteiger partial charge in [0.2, 0.25) is 11.9 Å². The minimum Gasteiger partial charge on any atom is -0.369 e. The Kier molecular flexibility index (Phi) is 5.12. The number of carbonyl (C=O) groups excluding carboxylic acids is 1. The first kappa shape index (κ1) is 18.3. The average Bonchev–Trinajstić information content (AvgIpc) is 3.32. The van der Waals surface area contributed by atoms with E-state index in [1.165, 1.54) is 12.4 Å². The third kappa shape index (κ3) is 3.57. The van der Waals surface area contributed by atoms with Gasteiger partial charge in [-0.05, 0) is 32.6 Å². The number of nitrogens with one attached hydrogen (secondary N) is 1. The Morgan fingerprint density at radius 1 is 1.48 bits per heavy atom. The van der Waals surface area contributed by atoms with E-state index in [1.54, 1.807) is 0 Å². The SMILES string of the molecule is CC=CCCCC(=O)NC[C@H]1[C@H]2CN(c3ncc(F)cn3)C[C@]23CC[C@H]1O3. The van der Waals surface area contributed by atoms with Crippen LogP contribution in [0.2, 0.25) is 0 Å². The number of aromatic nitrogens is 2. The van der Waals surface area contributed by atoms with E-state index in [2.05, 4.69) is 26.3 Å². The summed E-state index contributed by atoms with van der Waals surface area (Å²) in [4.78, 5) is 22.5. The summed E-state index contributed by atoms with van der Waals surface area (Å²) in [5, 5.41) is 3.12. The lowest BCUT2D eigenvalue weighted by Gasteiger charge is -2.29. The molecule has 6 nitrogen and oxygen atoms in total. The summed E-state index contributed by atoms with van der Waals surface area (Å²) in [7, 11) is 0. The Morgan fingerprint density at radius 3 is 3.07 bits per heavy atom. The summed E-state index contributed by atoms with van der Waals surface area (Å²) in [6.45, 7) is 4.20. The summed E-state index contributed by atoms with van der Waals surface area (Å²) in [6, 6.07) is 0. The molecule has 2 bridgehead atoms. The average molecular weight is 374 g/mol. The summed E-state index contributed by atoms with van der Waals surface area (Å²) in [6.07, 6.45) is 11.2. The lowest BCUT2D eigenvalue weighted by molar-refractivity contribution is -0.121. The highest BCUT2D eigenvalue weighted by atomic mass is 19.1. The molecule has 27 heavy (non-hydrogen) atoms. The van der Waals surface area contributed by atoms with Gasteiger partial charge in [0.05, 0.1) is 30.6 Å². The van der Waals surface area contributed by atoms with E-state index in [4.69, 9.17) is 4.74 Å². The summed E-state index contributed by atoms with van der Waals surface area (Å²) >= 11 is 0. The topological polar surface area (TPSA) is 67.4 Å². The number of nitrogens with zero attached hydrogens (tertiary/aromatic N) is 3. The van der Waals surface area contributed by atoms with Crippen molar-refractivity contribution in [3.05, 3.63) is 30.4 Å². The van der Waals surface area contributed by atoms with Gasteiger partial charge in [-0.2, -0.15) is 0 Å². The van der Waals surface area contributed by atoms with Crippen LogP contribution in [0.5, 0.6) is 0 Å². The van der Waals surface area contributed by atoms with Gasteiger partial charge >= 0.3 is 0 Å². The molecular formula is C20H27FN4O2.